The number of halogens is 1. The van der Waals surface area contributed by atoms with Crippen LogP contribution in [0.1, 0.15) is 13.8 Å². The van der Waals surface area contributed by atoms with Crippen molar-refractivity contribution < 1.29 is 13.2 Å². The van der Waals surface area contributed by atoms with Gasteiger partial charge in [0.1, 0.15) is 0 Å². The summed E-state index contributed by atoms with van der Waals surface area (Å²) in [6, 6.07) is 0. The Morgan fingerprint density at radius 3 is 2.52 bits per heavy atom. The van der Waals surface area contributed by atoms with Crippen LogP contribution in [0, 0.1) is 0 Å². The molecule has 1 aliphatic heterocycles. The number of sulfonamides is 1. The fraction of sp³-hybridized carbons (Fsp3) is 0.818. The van der Waals surface area contributed by atoms with Crippen LogP contribution >= 0.6 is 15.9 Å². The van der Waals surface area contributed by atoms with Crippen LogP contribution in [0.5, 0.6) is 0 Å². The standard InChI is InChI=1S/C11H20BrN5O3S/c1-11(2,17-4-6-20-7-5-17)8-13-21(18,19)10-9(12)14-15-16(10)3/h13H,4-8H2,1-3H3. The SMILES string of the molecule is Cn1nnc(Br)c1S(=O)(=O)NCC(C)(C)N1CCOCC1. The number of aryl methyl sites for hydroxylation is 1. The number of hydrogen-bond acceptors (Lipinski definition) is 6. The molecule has 120 valence electrons. The van der Waals surface area contributed by atoms with Gasteiger partial charge in [0.25, 0.3) is 10.0 Å². The molecule has 0 saturated carbocycles. The van der Waals surface area contributed by atoms with Crippen LogP contribution in [0.25, 0.3) is 0 Å². The second-order valence-electron chi connectivity index (χ2n) is 5.55. The Morgan fingerprint density at radius 2 is 2.00 bits per heavy atom. The maximum atomic E-state index is 12.4. The van der Waals surface area contributed by atoms with Gasteiger partial charge in [-0.1, -0.05) is 5.21 Å². The van der Waals surface area contributed by atoms with Crippen molar-refractivity contribution in [1.82, 2.24) is 24.6 Å². The fourth-order valence-electron chi connectivity index (χ4n) is 2.23. The maximum absolute atomic E-state index is 12.4. The van der Waals surface area contributed by atoms with Gasteiger partial charge < -0.3 is 4.74 Å². The van der Waals surface area contributed by atoms with E-state index >= 15 is 0 Å². The summed E-state index contributed by atoms with van der Waals surface area (Å²) in [6.45, 7) is 7.26. The topological polar surface area (TPSA) is 89.3 Å². The van der Waals surface area contributed by atoms with Gasteiger partial charge in [0.2, 0.25) is 5.03 Å². The highest BCUT2D eigenvalue weighted by atomic mass is 79.9. The molecule has 1 aromatic heterocycles. The van der Waals surface area contributed by atoms with Crippen LogP contribution in [0.15, 0.2) is 9.63 Å². The van der Waals surface area contributed by atoms with Gasteiger partial charge in [-0.25, -0.2) is 17.8 Å². The van der Waals surface area contributed by atoms with E-state index in [-0.39, 0.29) is 15.2 Å². The molecule has 0 spiro atoms. The Labute approximate surface area is 133 Å². The van der Waals surface area contributed by atoms with Crippen LogP contribution in [0.2, 0.25) is 0 Å². The van der Waals surface area contributed by atoms with E-state index in [0.29, 0.717) is 19.8 Å². The summed E-state index contributed by atoms with van der Waals surface area (Å²) in [5, 5.41) is 7.42. The molecule has 0 amide bonds. The monoisotopic (exact) mass is 381 g/mol. The third kappa shape index (κ3) is 3.81. The molecule has 1 fully saturated rings. The molecule has 0 radical (unpaired) electrons. The van der Waals surface area contributed by atoms with Crippen LogP contribution in [-0.4, -0.2) is 66.7 Å². The van der Waals surface area contributed by atoms with E-state index in [1.165, 1.54) is 4.68 Å². The van der Waals surface area contributed by atoms with Gasteiger partial charge in [-0.2, -0.15) is 0 Å². The Morgan fingerprint density at radius 1 is 1.38 bits per heavy atom. The molecule has 2 rings (SSSR count). The molecule has 10 heteroatoms. The lowest BCUT2D eigenvalue weighted by atomic mass is 10.0. The summed E-state index contributed by atoms with van der Waals surface area (Å²) >= 11 is 3.11. The molecule has 0 bridgehead atoms. The normalized spacial score (nSPS) is 18.1. The number of rotatable bonds is 5. The number of hydrogen-bond donors (Lipinski definition) is 1. The zero-order valence-electron chi connectivity index (χ0n) is 12.3. The van der Waals surface area contributed by atoms with Crippen molar-refractivity contribution in [3.8, 4) is 0 Å². The van der Waals surface area contributed by atoms with Gasteiger partial charge in [0.15, 0.2) is 4.60 Å². The average Bonchev–Trinajstić information content (AvgIpc) is 2.78. The van der Waals surface area contributed by atoms with Crippen LogP contribution in [0.3, 0.4) is 0 Å². The molecule has 8 nitrogen and oxygen atoms in total. The summed E-state index contributed by atoms with van der Waals surface area (Å²) in [4.78, 5) is 2.22. The first-order valence-electron chi connectivity index (χ1n) is 6.62. The molecule has 0 aromatic carbocycles. The van der Waals surface area contributed by atoms with Crippen molar-refractivity contribution in [3.05, 3.63) is 4.60 Å². The molecule has 0 atom stereocenters. The van der Waals surface area contributed by atoms with E-state index in [2.05, 4.69) is 35.9 Å². The third-order valence-corrected chi connectivity index (χ3v) is 5.84. The minimum absolute atomic E-state index is 0.0280. The van der Waals surface area contributed by atoms with Gasteiger partial charge in [0.05, 0.1) is 13.2 Å². The van der Waals surface area contributed by atoms with E-state index < -0.39 is 10.0 Å². The smallest absolute Gasteiger partial charge is 0.260 e. The molecule has 0 unspecified atom stereocenters. The number of aromatic nitrogens is 3. The van der Waals surface area contributed by atoms with Gasteiger partial charge in [-0.05, 0) is 29.8 Å². The van der Waals surface area contributed by atoms with E-state index in [9.17, 15) is 8.42 Å². The second kappa shape index (κ2) is 6.29. The lowest BCUT2D eigenvalue weighted by Gasteiger charge is -2.40. The molecule has 1 aliphatic rings. The average molecular weight is 382 g/mol. The van der Waals surface area contributed by atoms with Crippen molar-refractivity contribution in [1.29, 1.82) is 0 Å². The largest absolute Gasteiger partial charge is 0.379 e. The quantitative estimate of drug-likeness (QED) is 0.769. The highest BCUT2D eigenvalue weighted by Gasteiger charge is 2.31. The number of nitrogens with one attached hydrogen (secondary N) is 1. The highest BCUT2D eigenvalue weighted by molar-refractivity contribution is 9.10. The van der Waals surface area contributed by atoms with Crippen molar-refractivity contribution in [2.24, 2.45) is 7.05 Å². The minimum atomic E-state index is -3.67. The Kier molecular flexibility index (Phi) is 5.03. The zero-order chi connectivity index (χ0) is 15.7. The molecular formula is C11H20BrN5O3S. The first-order chi connectivity index (χ1) is 9.74. The summed E-state index contributed by atoms with van der Waals surface area (Å²) in [6.07, 6.45) is 0. The molecular weight excluding hydrogens is 362 g/mol. The summed E-state index contributed by atoms with van der Waals surface area (Å²) in [7, 11) is -2.13. The Bertz CT molecular complexity index is 575. The number of nitrogens with zero attached hydrogens (tertiary/aromatic N) is 4. The molecule has 1 saturated heterocycles. The van der Waals surface area contributed by atoms with Crippen molar-refractivity contribution >= 4 is 26.0 Å². The summed E-state index contributed by atoms with van der Waals surface area (Å²) < 4.78 is 34.2. The number of ether oxygens (including phenoxy) is 1. The predicted molar refractivity (Wildman–Crippen MR) is 80.4 cm³/mol. The van der Waals surface area contributed by atoms with Gasteiger partial charge in [-0.15, -0.1) is 5.10 Å². The first kappa shape index (κ1) is 16.8. The van der Waals surface area contributed by atoms with Crippen LogP contribution in [0.4, 0.5) is 0 Å². The van der Waals surface area contributed by atoms with Gasteiger partial charge in [0, 0.05) is 32.2 Å². The fourth-order valence-corrected chi connectivity index (χ4v) is 4.52. The minimum Gasteiger partial charge on any atom is -0.379 e. The number of morpholine rings is 1. The highest BCUT2D eigenvalue weighted by Crippen LogP contribution is 2.20. The van der Waals surface area contributed by atoms with Crippen LogP contribution in [-0.2, 0) is 21.8 Å². The molecule has 1 aromatic rings. The third-order valence-electron chi connectivity index (χ3n) is 3.55. The first-order valence-corrected chi connectivity index (χ1v) is 8.89. The van der Waals surface area contributed by atoms with Crippen molar-refractivity contribution in [2.75, 3.05) is 32.8 Å². The summed E-state index contributed by atoms with van der Waals surface area (Å²) in [5.41, 5.74) is -0.296. The van der Waals surface area contributed by atoms with Crippen molar-refractivity contribution in [3.63, 3.8) is 0 Å². The molecule has 1 N–H and O–H groups in total. The zero-order valence-corrected chi connectivity index (χ0v) is 14.7. The predicted octanol–water partition coefficient (Wildman–Crippen LogP) is -0.0333. The lowest BCUT2D eigenvalue weighted by Crippen LogP contribution is -2.55. The maximum Gasteiger partial charge on any atom is 0.260 e. The lowest BCUT2D eigenvalue weighted by molar-refractivity contribution is -0.00804. The van der Waals surface area contributed by atoms with Crippen molar-refractivity contribution in [2.45, 2.75) is 24.4 Å². The molecule has 2 heterocycles. The van der Waals surface area contributed by atoms with E-state index in [4.69, 9.17) is 4.74 Å². The Balaban J connectivity index is 2.07. The molecule has 0 aliphatic carbocycles. The van der Waals surface area contributed by atoms with Crippen LogP contribution < -0.4 is 4.72 Å². The second-order valence-corrected chi connectivity index (χ2v) is 7.98. The summed E-state index contributed by atoms with van der Waals surface area (Å²) in [5.74, 6) is 0. The molecule has 21 heavy (non-hydrogen) atoms. The Hall–Kier alpha value is -0.550. The van der Waals surface area contributed by atoms with Gasteiger partial charge >= 0.3 is 0 Å². The van der Waals surface area contributed by atoms with Gasteiger partial charge in [-0.3, -0.25) is 4.90 Å². The van der Waals surface area contributed by atoms with E-state index in [0.717, 1.165) is 13.1 Å². The van der Waals surface area contributed by atoms with E-state index in [1.807, 2.05) is 13.8 Å². The van der Waals surface area contributed by atoms with E-state index in [1.54, 1.807) is 7.05 Å².